The molecule has 3 nitrogen and oxygen atoms in total. The van der Waals surface area contributed by atoms with Crippen LogP contribution in [-0.2, 0) is 13.1 Å². The maximum Gasteiger partial charge on any atom is 0.127 e. The van der Waals surface area contributed by atoms with E-state index in [9.17, 15) is 9.50 Å². The largest absolute Gasteiger partial charge is 0.396 e. The van der Waals surface area contributed by atoms with Gasteiger partial charge in [0.25, 0.3) is 0 Å². The van der Waals surface area contributed by atoms with Crippen molar-refractivity contribution >= 4 is 11.3 Å². The van der Waals surface area contributed by atoms with Gasteiger partial charge in [-0.25, -0.2) is 4.39 Å². The molecule has 1 N–H and O–H groups in total. The van der Waals surface area contributed by atoms with E-state index < -0.39 is 0 Å². The van der Waals surface area contributed by atoms with Crippen molar-refractivity contribution in [2.45, 2.75) is 32.5 Å². The molecule has 0 bridgehead atoms. The van der Waals surface area contributed by atoms with E-state index in [4.69, 9.17) is 0 Å². The van der Waals surface area contributed by atoms with E-state index in [0.29, 0.717) is 6.54 Å². The maximum atomic E-state index is 13.9. The van der Waals surface area contributed by atoms with Crippen LogP contribution in [0.4, 0.5) is 4.39 Å². The summed E-state index contributed by atoms with van der Waals surface area (Å²) in [6.45, 7) is 6.69. The summed E-state index contributed by atoms with van der Waals surface area (Å²) in [6, 6.07) is 11.6. The van der Waals surface area contributed by atoms with Gasteiger partial charge in [0, 0.05) is 60.7 Å². The summed E-state index contributed by atoms with van der Waals surface area (Å²) >= 11 is 1.85. The fourth-order valence-corrected chi connectivity index (χ4v) is 4.30. The molecule has 130 valence electrons. The zero-order chi connectivity index (χ0) is 16.9. The van der Waals surface area contributed by atoms with Gasteiger partial charge in [0.15, 0.2) is 0 Å². The first-order chi connectivity index (χ1) is 11.7. The highest BCUT2D eigenvalue weighted by atomic mass is 32.1. The summed E-state index contributed by atoms with van der Waals surface area (Å²) < 4.78 is 13.9. The zero-order valence-electron chi connectivity index (χ0n) is 14.1. The van der Waals surface area contributed by atoms with Gasteiger partial charge in [-0.15, -0.1) is 11.3 Å². The first-order valence-corrected chi connectivity index (χ1v) is 9.33. The summed E-state index contributed by atoms with van der Waals surface area (Å²) in [5.41, 5.74) is 0.739. The van der Waals surface area contributed by atoms with Crippen molar-refractivity contribution < 1.29 is 9.50 Å². The average molecular weight is 348 g/mol. The topological polar surface area (TPSA) is 26.7 Å². The lowest BCUT2D eigenvalue weighted by atomic mass is 10.1. The predicted octanol–water partition coefficient (Wildman–Crippen LogP) is 3.26. The highest BCUT2D eigenvalue weighted by molar-refractivity contribution is 7.11. The molecule has 5 heteroatoms. The predicted molar refractivity (Wildman–Crippen MR) is 96.6 cm³/mol. The molecule has 1 aromatic carbocycles. The van der Waals surface area contributed by atoms with Crippen LogP contribution in [0.1, 0.15) is 21.7 Å². The standard InChI is InChI=1S/C19H25FN2OS/c1-15-6-7-18(24-15)14-21-9-10-22(17(13-21)8-11-23)12-16-4-2-3-5-19(16)20/h2-7,17,23H,8-14H2,1H3. The fourth-order valence-electron chi connectivity index (χ4n) is 3.37. The number of nitrogens with zero attached hydrogens (tertiary/aromatic N) is 2. The van der Waals surface area contributed by atoms with Crippen molar-refractivity contribution in [2.75, 3.05) is 26.2 Å². The number of hydrogen-bond donors (Lipinski definition) is 1. The number of aliphatic hydroxyl groups excluding tert-OH is 1. The van der Waals surface area contributed by atoms with E-state index in [1.165, 1.54) is 15.8 Å². The van der Waals surface area contributed by atoms with Crippen LogP contribution in [0.5, 0.6) is 0 Å². The quantitative estimate of drug-likeness (QED) is 0.868. The third-order valence-electron chi connectivity index (χ3n) is 4.66. The lowest BCUT2D eigenvalue weighted by Crippen LogP contribution is -2.52. The molecule has 0 aliphatic carbocycles. The molecular formula is C19H25FN2OS. The van der Waals surface area contributed by atoms with Crippen molar-refractivity contribution in [3.63, 3.8) is 0 Å². The summed E-state index contributed by atoms with van der Waals surface area (Å²) in [7, 11) is 0. The second-order valence-electron chi connectivity index (χ2n) is 6.48. The van der Waals surface area contributed by atoms with Crippen LogP contribution in [0.2, 0.25) is 0 Å². The average Bonchev–Trinajstić information content (AvgIpc) is 2.97. The van der Waals surface area contributed by atoms with Gasteiger partial charge in [-0.3, -0.25) is 9.80 Å². The first-order valence-electron chi connectivity index (χ1n) is 8.51. The first kappa shape index (κ1) is 17.5. The third-order valence-corrected chi connectivity index (χ3v) is 5.64. The van der Waals surface area contributed by atoms with Crippen LogP contribution in [0, 0.1) is 12.7 Å². The van der Waals surface area contributed by atoms with E-state index in [2.05, 4.69) is 28.9 Å². The Morgan fingerprint density at radius 3 is 2.71 bits per heavy atom. The van der Waals surface area contributed by atoms with Gasteiger partial charge in [0.1, 0.15) is 5.82 Å². The minimum absolute atomic E-state index is 0.142. The van der Waals surface area contributed by atoms with Crippen molar-refractivity contribution in [1.82, 2.24) is 9.80 Å². The highest BCUT2D eigenvalue weighted by Gasteiger charge is 2.27. The molecule has 1 aliphatic heterocycles. The second kappa shape index (κ2) is 8.21. The number of thiophene rings is 1. The van der Waals surface area contributed by atoms with Crippen molar-refractivity contribution in [3.8, 4) is 0 Å². The Kier molecular flexibility index (Phi) is 6.00. The lowest BCUT2D eigenvalue weighted by Gasteiger charge is -2.41. The number of halogens is 1. The summed E-state index contributed by atoms with van der Waals surface area (Å²) in [5, 5.41) is 9.42. The Labute approximate surface area is 147 Å². The molecule has 1 aliphatic rings. The van der Waals surface area contributed by atoms with Crippen molar-refractivity contribution in [2.24, 2.45) is 0 Å². The molecule has 0 saturated carbocycles. The number of rotatable bonds is 6. The molecule has 1 atom stereocenters. The minimum atomic E-state index is -0.142. The van der Waals surface area contributed by atoms with Crippen LogP contribution in [0.15, 0.2) is 36.4 Å². The molecular weight excluding hydrogens is 323 g/mol. The van der Waals surface area contributed by atoms with E-state index >= 15 is 0 Å². The van der Waals surface area contributed by atoms with Crippen LogP contribution in [0.25, 0.3) is 0 Å². The molecule has 2 heterocycles. The van der Waals surface area contributed by atoms with Crippen molar-refractivity contribution in [3.05, 3.63) is 57.5 Å². The smallest absolute Gasteiger partial charge is 0.127 e. The summed E-state index contributed by atoms with van der Waals surface area (Å²) in [5.74, 6) is -0.142. The normalized spacial score (nSPS) is 19.7. The SMILES string of the molecule is Cc1ccc(CN2CCN(Cc3ccccc3F)C(CCO)C2)s1. The van der Waals surface area contributed by atoms with Crippen LogP contribution >= 0.6 is 11.3 Å². The molecule has 0 radical (unpaired) electrons. The number of benzene rings is 1. The zero-order valence-corrected chi connectivity index (χ0v) is 14.9. The number of piperazine rings is 1. The molecule has 0 amide bonds. The van der Waals surface area contributed by atoms with Gasteiger partial charge in [0.05, 0.1) is 0 Å². The van der Waals surface area contributed by atoms with Gasteiger partial charge in [-0.05, 0) is 31.5 Å². The second-order valence-corrected chi connectivity index (χ2v) is 7.85. The molecule has 24 heavy (non-hydrogen) atoms. The third kappa shape index (κ3) is 4.42. The molecule has 1 fully saturated rings. The Morgan fingerprint density at radius 1 is 1.17 bits per heavy atom. The van der Waals surface area contributed by atoms with E-state index in [1.807, 2.05) is 23.5 Å². The molecule has 1 aromatic heterocycles. The monoisotopic (exact) mass is 348 g/mol. The minimum Gasteiger partial charge on any atom is -0.396 e. The number of hydrogen-bond acceptors (Lipinski definition) is 4. The van der Waals surface area contributed by atoms with E-state index in [-0.39, 0.29) is 18.5 Å². The van der Waals surface area contributed by atoms with Gasteiger partial charge in [0.2, 0.25) is 0 Å². The number of aliphatic hydroxyl groups is 1. The molecule has 0 spiro atoms. The Morgan fingerprint density at radius 2 is 2.00 bits per heavy atom. The maximum absolute atomic E-state index is 13.9. The van der Waals surface area contributed by atoms with Crippen LogP contribution in [0.3, 0.4) is 0 Å². The Bertz CT molecular complexity index is 660. The van der Waals surface area contributed by atoms with Gasteiger partial charge >= 0.3 is 0 Å². The summed E-state index contributed by atoms with van der Waals surface area (Å²) in [4.78, 5) is 7.49. The van der Waals surface area contributed by atoms with Crippen LogP contribution < -0.4 is 0 Å². The molecule has 1 unspecified atom stereocenters. The van der Waals surface area contributed by atoms with Gasteiger partial charge in [-0.1, -0.05) is 18.2 Å². The van der Waals surface area contributed by atoms with Gasteiger partial charge < -0.3 is 5.11 Å². The van der Waals surface area contributed by atoms with E-state index in [1.54, 1.807) is 6.07 Å². The lowest BCUT2D eigenvalue weighted by molar-refractivity contribution is 0.0498. The molecule has 2 aromatic rings. The number of aryl methyl sites for hydroxylation is 1. The highest BCUT2D eigenvalue weighted by Crippen LogP contribution is 2.22. The van der Waals surface area contributed by atoms with Crippen molar-refractivity contribution in [1.29, 1.82) is 0 Å². The molecule has 1 saturated heterocycles. The van der Waals surface area contributed by atoms with E-state index in [0.717, 1.165) is 38.2 Å². The molecule has 3 rings (SSSR count). The van der Waals surface area contributed by atoms with Gasteiger partial charge in [-0.2, -0.15) is 0 Å². The Balaban J connectivity index is 1.63. The fraction of sp³-hybridized carbons (Fsp3) is 0.474. The van der Waals surface area contributed by atoms with Crippen LogP contribution in [-0.4, -0.2) is 47.2 Å². The Hall–Kier alpha value is -1.27. The summed E-state index contributed by atoms with van der Waals surface area (Å²) in [6.07, 6.45) is 0.731.